The number of methoxy groups -OCH3 is 1. The topological polar surface area (TPSA) is 69.5 Å². The second kappa shape index (κ2) is 8.82. The number of pyridine rings is 1. The van der Waals surface area contributed by atoms with Crippen molar-refractivity contribution in [2.45, 2.75) is 32.9 Å². The summed E-state index contributed by atoms with van der Waals surface area (Å²) in [5.74, 6) is 0.0594. The van der Waals surface area contributed by atoms with Crippen LogP contribution in [0.4, 0.5) is 4.39 Å². The molecule has 166 valence electrons. The third kappa shape index (κ3) is 4.34. The van der Waals surface area contributed by atoms with Gasteiger partial charge in [0.05, 0.1) is 37.4 Å². The molecule has 8 heteroatoms. The lowest BCUT2D eigenvalue weighted by Gasteiger charge is -2.37. The van der Waals surface area contributed by atoms with E-state index in [1.54, 1.807) is 30.5 Å². The Morgan fingerprint density at radius 1 is 1.28 bits per heavy atom. The molecule has 0 saturated carbocycles. The number of halogens is 1. The van der Waals surface area contributed by atoms with Crippen LogP contribution < -0.4 is 4.74 Å². The summed E-state index contributed by atoms with van der Waals surface area (Å²) in [4.78, 5) is 22.7. The molecule has 3 heterocycles. The number of hydrogen-bond donors (Lipinski definition) is 0. The molecule has 1 aromatic carbocycles. The minimum absolute atomic E-state index is 0.205. The molecule has 1 aliphatic heterocycles. The first-order valence-electron chi connectivity index (χ1n) is 10.4. The molecule has 1 saturated heterocycles. The van der Waals surface area contributed by atoms with E-state index in [4.69, 9.17) is 9.47 Å². The van der Waals surface area contributed by atoms with Gasteiger partial charge in [-0.2, -0.15) is 4.39 Å². The summed E-state index contributed by atoms with van der Waals surface area (Å²) in [7, 11) is 1.60. The molecule has 7 nitrogen and oxygen atoms in total. The number of rotatable bonds is 5. The fourth-order valence-electron chi connectivity index (χ4n) is 3.79. The maximum absolute atomic E-state index is 13.6. The Balaban J connectivity index is 1.63. The predicted octanol–water partition coefficient (Wildman–Crippen LogP) is 4.07. The van der Waals surface area contributed by atoms with Crippen LogP contribution in [0.3, 0.4) is 0 Å². The highest BCUT2D eigenvalue weighted by atomic mass is 19.1. The number of nitrogens with zero attached hydrogens (tertiary/aromatic N) is 4. The molecule has 2 aromatic heterocycles. The lowest BCUT2D eigenvalue weighted by Crippen LogP contribution is -2.45. The van der Waals surface area contributed by atoms with Gasteiger partial charge in [0.15, 0.2) is 5.76 Å². The Morgan fingerprint density at radius 2 is 2.09 bits per heavy atom. The van der Waals surface area contributed by atoms with E-state index in [0.29, 0.717) is 17.9 Å². The molecule has 4 rings (SSSR count). The number of carbonyl (C=O) groups is 1. The highest BCUT2D eigenvalue weighted by Crippen LogP contribution is 2.30. The van der Waals surface area contributed by atoms with Crippen LogP contribution in [0.2, 0.25) is 0 Å². The van der Waals surface area contributed by atoms with Crippen LogP contribution in [0, 0.1) is 12.9 Å². The van der Waals surface area contributed by atoms with Crippen LogP contribution in [-0.4, -0.2) is 45.1 Å². The van der Waals surface area contributed by atoms with Crippen molar-refractivity contribution < 1.29 is 18.7 Å². The second-order valence-corrected chi connectivity index (χ2v) is 7.84. The summed E-state index contributed by atoms with van der Waals surface area (Å²) < 4.78 is 26.9. The molecule has 1 amide bonds. The van der Waals surface area contributed by atoms with Crippen molar-refractivity contribution in [1.29, 1.82) is 0 Å². The number of hydrogen-bond acceptors (Lipinski definition) is 5. The van der Waals surface area contributed by atoms with Gasteiger partial charge in [-0.1, -0.05) is 6.07 Å². The minimum atomic E-state index is -0.570. The number of aromatic nitrogens is 3. The molecule has 1 fully saturated rings. The van der Waals surface area contributed by atoms with Crippen molar-refractivity contribution in [1.82, 2.24) is 19.4 Å². The molecular formula is C24H25FN4O3. The van der Waals surface area contributed by atoms with Crippen LogP contribution >= 0.6 is 0 Å². The quantitative estimate of drug-likeness (QED) is 0.445. The van der Waals surface area contributed by atoms with Gasteiger partial charge in [-0.3, -0.25) is 4.79 Å². The van der Waals surface area contributed by atoms with E-state index in [2.05, 4.69) is 9.97 Å². The third-order valence-electron chi connectivity index (χ3n) is 5.45. The molecule has 2 atom stereocenters. The van der Waals surface area contributed by atoms with E-state index >= 15 is 0 Å². The van der Waals surface area contributed by atoms with Gasteiger partial charge in [0.2, 0.25) is 5.95 Å². The molecule has 3 aromatic rings. The number of amides is 1. The molecular weight excluding hydrogens is 411 g/mol. The third-order valence-corrected chi connectivity index (χ3v) is 5.45. The SMILES string of the molecule is COc1cc(/C=C2\O[C@@H](C)CN([C@@H](C)c3ccnc(F)c3)C2=O)ccc1-n1cnc(C)c1. The Bertz CT molecular complexity index is 1170. The summed E-state index contributed by atoms with van der Waals surface area (Å²) in [6.45, 7) is 6.09. The number of benzene rings is 1. The van der Waals surface area contributed by atoms with Crippen LogP contribution in [-0.2, 0) is 9.53 Å². The van der Waals surface area contributed by atoms with Crippen molar-refractivity contribution in [3.8, 4) is 11.4 Å². The van der Waals surface area contributed by atoms with Crippen LogP contribution in [0.25, 0.3) is 11.8 Å². The second-order valence-electron chi connectivity index (χ2n) is 7.84. The number of imidazole rings is 1. The highest BCUT2D eigenvalue weighted by molar-refractivity contribution is 5.96. The van der Waals surface area contributed by atoms with Crippen molar-refractivity contribution in [3.05, 3.63) is 77.6 Å². The van der Waals surface area contributed by atoms with Crippen LogP contribution in [0.1, 0.15) is 36.7 Å². The standard InChI is InChI=1S/C24H25FN4O3/c1-15-12-28(14-27-15)20-6-5-18(9-21(20)31-4)10-22-24(30)29(13-16(2)32-22)17(3)19-7-8-26-23(25)11-19/h5-12,14,16-17H,13H2,1-4H3/b22-10-/t16-,17-/m0/s1. The van der Waals surface area contributed by atoms with Crippen molar-refractivity contribution in [3.63, 3.8) is 0 Å². The fourth-order valence-corrected chi connectivity index (χ4v) is 3.79. The van der Waals surface area contributed by atoms with Crippen molar-refractivity contribution >= 4 is 12.0 Å². The fraction of sp³-hybridized carbons (Fsp3) is 0.292. The van der Waals surface area contributed by atoms with Crippen LogP contribution in [0.5, 0.6) is 5.75 Å². The number of ether oxygens (including phenoxy) is 2. The zero-order valence-corrected chi connectivity index (χ0v) is 18.4. The van der Waals surface area contributed by atoms with E-state index in [0.717, 1.165) is 16.9 Å². The average Bonchev–Trinajstić information content (AvgIpc) is 3.21. The first kappa shape index (κ1) is 21.5. The molecule has 1 aliphatic rings. The Morgan fingerprint density at radius 3 is 2.78 bits per heavy atom. The monoisotopic (exact) mass is 436 g/mol. The van der Waals surface area contributed by atoms with E-state index in [1.165, 1.54) is 12.3 Å². The zero-order chi connectivity index (χ0) is 22.8. The summed E-state index contributed by atoms with van der Waals surface area (Å²) in [5.41, 5.74) is 3.19. The smallest absolute Gasteiger partial charge is 0.289 e. The average molecular weight is 436 g/mol. The molecule has 0 N–H and O–H groups in total. The summed E-state index contributed by atoms with van der Waals surface area (Å²) >= 11 is 0. The number of morpholine rings is 1. The maximum atomic E-state index is 13.6. The van der Waals surface area contributed by atoms with Gasteiger partial charge in [0, 0.05) is 12.4 Å². The lowest BCUT2D eigenvalue weighted by atomic mass is 10.1. The zero-order valence-electron chi connectivity index (χ0n) is 18.4. The van der Waals surface area contributed by atoms with Gasteiger partial charge < -0.3 is 18.9 Å². The number of carbonyl (C=O) groups excluding carboxylic acids is 1. The highest BCUT2D eigenvalue weighted by Gasteiger charge is 2.33. The summed E-state index contributed by atoms with van der Waals surface area (Å²) in [5, 5.41) is 0. The molecule has 32 heavy (non-hydrogen) atoms. The first-order valence-corrected chi connectivity index (χ1v) is 10.4. The Kier molecular flexibility index (Phi) is 5.94. The molecule has 0 aliphatic carbocycles. The van der Waals surface area contributed by atoms with Gasteiger partial charge in [0.1, 0.15) is 11.9 Å². The predicted molar refractivity (Wildman–Crippen MR) is 118 cm³/mol. The van der Waals surface area contributed by atoms with Crippen molar-refractivity contribution in [2.24, 2.45) is 0 Å². The number of aryl methyl sites for hydroxylation is 1. The van der Waals surface area contributed by atoms with Gasteiger partial charge in [0.25, 0.3) is 5.91 Å². The molecule has 0 bridgehead atoms. The van der Waals surface area contributed by atoms with E-state index in [9.17, 15) is 9.18 Å². The van der Waals surface area contributed by atoms with Gasteiger partial charge >= 0.3 is 0 Å². The normalized spacial score (nSPS) is 18.5. The van der Waals surface area contributed by atoms with E-state index in [1.807, 2.05) is 49.7 Å². The van der Waals surface area contributed by atoms with Crippen molar-refractivity contribution in [2.75, 3.05) is 13.7 Å². The van der Waals surface area contributed by atoms with Gasteiger partial charge in [-0.15, -0.1) is 0 Å². The molecule has 0 spiro atoms. The Hall–Kier alpha value is -3.68. The van der Waals surface area contributed by atoms with Gasteiger partial charge in [-0.25, -0.2) is 9.97 Å². The van der Waals surface area contributed by atoms with Crippen LogP contribution in [0.15, 0.2) is 54.8 Å². The van der Waals surface area contributed by atoms with E-state index in [-0.39, 0.29) is 23.8 Å². The Labute approximate surface area is 186 Å². The molecule has 0 unspecified atom stereocenters. The van der Waals surface area contributed by atoms with Gasteiger partial charge in [-0.05, 0) is 62.2 Å². The maximum Gasteiger partial charge on any atom is 0.289 e. The van der Waals surface area contributed by atoms with E-state index < -0.39 is 5.95 Å². The lowest BCUT2D eigenvalue weighted by molar-refractivity contribution is -0.141. The first-order chi connectivity index (χ1) is 15.4. The largest absolute Gasteiger partial charge is 0.495 e. The summed E-state index contributed by atoms with van der Waals surface area (Å²) in [6.07, 6.45) is 6.54. The summed E-state index contributed by atoms with van der Waals surface area (Å²) in [6, 6.07) is 8.39. The molecule has 0 radical (unpaired) electrons. The minimum Gasteiger partial charge on any atom is -0.495 e.